The van der Waals surface area contributed by atoms with Crippen molar-refractivity contribution in [3.8, 4) is 0 Å². The molecule has 0 saturated heterocycles. The Morgan fingerprint density at radius 3 is 3.11 bits per heavy atom. The van der Waals surface area contributed by atoms with E-state index in [1.807, 2.05) is 13.0 Å². The third-order valence-corrected chi connectivity index (χ3v) is 4.33. The molecule has 2 heterocycles. The van der Waals surface area contributed by atoms with E-state index in [4.69, 9.17) is 0 Å². The van der Waals surface area contributed by atoms with Gasteiger partial charge in [0.2, 0.25) is 0 Å². The minimum absolute atomic E-state index is 0.226. The number of nitro groups is 1. The van der Waals surface area contributed by atoms with Crippen molar-refractivity contribution in [2.45, 2.75) is 24.7 Å². The fourth-order valence-electron chi connectivity index (χ4n) is 2.34. The molecule has 5 nitrogen and oxygen atoms in total. The van der Waals surface area contributed by atoms with Gasteiger partial charge in [-0.1, -0.05) is 6.92 Å². The number of fused-ring (bicyclic) bond motifs is 3. The highest BCUT2D eigenvalue weighted by atomic mass is 32.2. The maximum absolute atomic E-state index is 11.1. The molecule has 0 aromatic heterocycles. The van der Waals surface area contributed by atoms with Gasteiger partial charge < -0.3 is 4.90 Å². The Bertz CT molecular complexity index is 556. The lowest BCUT2D eigenvalue weighted by molar-refractivity contribution is -0.385. The maximum atomic E-state index is 11.1. The first-order valence-electron chi connectivity index (χ1n) is 6.02. The SMILES string of the molecule is CCc1cc2c(cc1[N+](=O)[O-])N1CCCN=C1S2. The predicted octanol–water partition coefficient (Wildman–Crippen LogP) is 2.83. The molecule has 0 N–H and O–H groups in total. The van der Waals surface area contributed by atoms with Crippen LogP contribution in [0.2, 0.25) is 0 Å². The van der Waals surface area contributed by atoms with Crippen LogP contribution >= 0.6 is 11.8 Å². The van der Waals surface area contributed by atoms with Crippen molar-refractivity contribution in [3.63, 3.8) is 0 Å². The molecule has 2 aliphatic rings. The lowest BCUT2D eigenvalue weighted by atomic mass is 10.1. The Hall–Kier alpha value is -1.56. The molecule has 0 unspecified atom stereocenters. The average molecular weight is 263 g/mol. The van der Waals surface area contributed by atoms with Crippen LogP contribution in [0.5, 0.6) is 0 Å². The van der Waals surface area contributed by atoms with Gasteiger partial charge in [-0.3, -0.25) is 15.1 Å². The van der Waals surface area contributed by atoms with E-state index < -0.39 is 0 Å². The van der Waals surface area contributed by atoms with Crippen LogP contribution in [-0.2, 0) is 6.42 Å². The third kappa shape index (κ3) is 1.68. The van der Waals surface area contributed by atoms with Gasteiger partial charge in [0.25, 0.3) is 5.69 Å². The number of amidine groups is 1. The van der Waals surface area contributed by atoms with Crippen molar-refractivity contribution in [2.24, 2.45) is 4.99 Å². The summed E-state index contributed by atoms with van der Waals surface area (Å²) in [5.74, 6) is 0. The number of hydrogen-bond acceptors (Lipinski definition) is 5. The van der Waals surface area contributed by atoms with Crippen molar-refractivity contribution in [1.82, 2.24) is 0 Å². The average Bonchev–Trinajstić information content (AvgIpc) is 2.74. The number of nitrogens with zero attached hydrogens (tertiary/aromatic N) is 3. The van der Waals surface area contributed by atoms with Gasteiger partial charge in [-0.2, -0.15) is 0 Å². The van der Waals surface area contributed by atoms with Crippen LogP contribution in [0.1, 0.15) is 18.9 Å². The quantitative estimate of drug-likeness (QED) is 0.608. The first-order valence-corrected chi connectivity index (χ1v) is 6.83. The molecular weight excluding hydrogens is 250 g/mol. The number of hydrogen-bond donors (Lipinski definition) is 0. The molecule has 0 spiro atoms. The number of anilines is 1. The minimum atomic E-state index is -0.289. The molecule has 94 valence electrons. The predicted molar refractivity (Wildman–Crippen MR) is 72.6 cm³/mol. The van der Waals surface area contributed by atoms with Crippen LogP contribution in [0.4, 0.5) is 11.4 Å². The van der Waals surface area contributed by atoms with Gasteiger partial charge in [-0.15, -0.1) is 0 Å². The van der Waals surface area contributed by atoms with Crippen molar-refractivity contribution < 1.29 is 4.92 Å². The largest absolute Gasteiger partial charge is 0.320 e. The number of aryl methyl sites for hydroxylation is 1. The second-order valence-electron chi connectivity index (χ2n) is 4.33. The first-order chi connectivity index (χ1) is 8.70. The number of benzene rings is 1. The van der Waals surface area contributed by atoms with Gasteiger partial charge in [0.1, 0.15) is 0 Å². The molecule has 0 fully saturated rings. The van der Waals surface area contributed by atoms with Crippen molar-refractivity contribution in [1.29, 1.82) is 0 Å². The number of nitro benzene ring substituents is 1. The fraction of sp³-hybridized carbons (Fsp3) is 0.417. The molecule has 1 aromatic rings. The van der Waals surface area contributed by atoms with E-state index in [2.05, 4.69) is 9.89 Å². The molecule has 2 aliphatic heterocycles. The van der Waals surface area contributed by atoms with E-state index in [0.717, 1.165) is 40.8 Å². The lowest BCUT2D eigenvalue weighted by Crippen LogP contribution is -2.30. The Labute approximate surface area is 109 Å². The summed E-state index contributed by atoms with van der Waals surface area (Å²) in [6, 6.07) is 3.65. The van der Waals surface area contributed by atoms with Crippen LogP contribution < -0.4 is 4.90 Å². The molecule has 0 bridgehead atoms. The molecule has 3 rings (SSSR count). The highest BCUT2D eigenvalue weighted by molar-refractivity contribution is 8.14. The zero-order valence-electron chi connectivity index (χ0n) is 10.0. The first kappa shape index (κ1) is 11.5. The van der Waals surface area contributed by atoms with Gasteiger partial charge >= 0.3 is 0 Å². The number of aliphatic imine (C=N–C) groups is 1. The summed E-state index contributed by atoms with van der Waals surface area (Å²) < 4.78 is 0. The van der Waals surface area contributed by atoms with Crippen LogP contribution in [0, 0.1) is 10.1 Å². The van der Waals surface area contributed by atoms with E-state index in [-0.39, 0.29) is 10.6 Å². The standard InChI is InChI=1S/C12H13N3O2S/c1-2-8-6-11-10(7-9(8)15(16)17)14-5-3-4-13-12(14)18-11/h6-7H,2-5H2,1H3. The molecule has 0 atom stereocenters. The third-order valence-electron chi connectivity index (χ3n) is 3.25. The van der Waals surface area contributed by atoms with Crippen molar-refractivity contribution >= 4 is 28.3 Å². The summed E-state index contributed by atoms with van der Waals surface area (Å²) >= 11 is 1.62. The maximum Gasteiger partial charge on any atom is 0.274 e. The summed E-state index contributed by atoms with van der Waals surface area (Å²) in [5, 5.41) is 12.1. The van der Waals surface area contributed by atoms with Crippen LogP contribution in [0.25, 0.3) is 0 Å². The van der Waals surface area contributed by atoms with E-state index >= 15 is 0 Å². The summed E-state index contributed by atoms with van der Waals surface area (Å²) in [4.78, 5) is 18.5. The van der Waals surface area contributed by atoms with E-state index in [1.165, 1.54) is 0 Å². The second kappa shape index (κ2) is 4.28. The minimum Gasteiger partial charge on any atom is -0.320 e. The van der Waals surface area contributed by atoms with Gasteiger partial charge in [0.05, 0.1) is 10.6 Å². The summed E-state index contributed by atoms with van der Waals surface area (Å²) in [7, 11) is 0. The molecule has 18 heavy (non-hydrogen) atoms. The monoisotopic (exact) mass is 263 g/mol. The fourth-order valence-corrected chi connectivity index (χ4v) is 3.47. The summed E-state index contributed by atoms with van der Waals surface area (Å²) in [5.41, 5.74) is 1.97. The highest BCUT2D eigenvalue weighted by Gasteiger charge is 2.31. The highest BCUT2D eigenvalue weighted by Crippen LogP contribution is 2.44. The Balaban J connectivity index is 2.12. The molecular formula is C12H13N3O2S. The second-order valence-corrected chi connectivity index (χ2v) is 5.34. The molecule has 0 radical (unpaired) electrons. The molecule has 0 amide bonds. The van der Waals surface area contributed by atoms with Crippen LogP contribution in [0.3, 0.4) is 0 Å². The molecule has 0 saturated carbocycles. The Kier molecular flexibility index (Phi) is 2.74. The number of rotatable bonds is 2. The van der Waals surface area contributed by atoms with Gasteiger partial charge in [0, 0.05) is 29.6 Å². The zero-order chi connectivity index (χ0) is 12.7. The number of thioether (sulfide) groups is 1. The topological polar surface area (TPSA) is 58.7 Å². The lowest BCUT2D eigenvalue weighted by Gasteiger charge is -2.22. The molecule has 0 aliphatic carbocycles. The smallest absolute Gasteiger partial charge is 0.274 e. The molecule has 6 heteroatoms. The molecule has 1 aromatic carbocycles. The van der Waals surface area contributed by atoms with Gasteiger partial charge in [-0.25, -0.2) is 0 Å². The summed E-state index contributed by atoms with van der Waals surface area (Å²) in [6.45, 7) is 3.70. The Morgan fingerprint density at radius 2 is 2.39 bits per heavy atom. The Morgan fingerprint density at radius 1 is 1.56 bits per heavy atom. The van der Waals surface area contributed by atoms with Crippen LogP contribution in [-0.4, -0.2) is 23.2 Å². The van der Waals surface area contributed by atoms with Crippen molar-refractivity contribution in [3.05, 3.63) is 27.8 Å². The van der Waals surface area contributed by atoms with E-state index in [1.54, 1.807) is 17.8 Å². The van der Waals surface area contributed by atoms with Crippen LogP contribution in [0.15, 0.2) is 22.0 Å². The summed E-state index contributed by atoms with van der Waals surface area (Å²) in [6.07, 6.45) is 1.68. The van der Waals surface area contributed by atoms with E-state index in [9.17, 15) is 10.1 Å². The normalized spacial score (nSPS) is 17.2. The van der Waals surface area contributed by atoms with Gasteiger partial charge in [0.15, 0.2) is 5.17 Å². The van der Waals surface area contributed by atoms with Crippen molar-refractivity contribution in [2.75, 3.05) is 18.0 Å². The van der Waals surface area contributed by atoms with Gasteiger partial charge in [-0.05, 0) is 30.7 Å². The van der Waals surface area contributed by atoms with E-state index in [0.29, 0.717) is 6.42 Å². The zero-order valence-corrected chi connectivity index (χ0v) is 10.9.